The Morgan fingerprint density at radius 3 is 2.79 bits per heavy atom. The molecule has 0 saturated carbocycles. The number of likely N-dealkylation sites (tertiary alicyclic amines) is 1. The van der Waals surface area contributed by atoms with Crippen LogP contribution in [0.2, 0.25) is 0 Å². The maximum Gasteiger partial charge on any atom is 0.227 e. The third-order valence-electron chi connectivity index (χ3n) is 8.38. The molecule has 1 spiro atoms. The molecule has 3 aliphatic rings. The van der Waals surface area contributed by atoms with E-state index in [0.29, 0.717) is 57.1 Å². The standard InChI is InChI=1S/C29H46FN3O6/c30-27-18-26(38-14-1-2-22-5-9-31-10-6-22)4-3-23(27)16-28(37)33-13-15-39-29(21-33)8-12-32(20-29)11-7-24(35)17-25(36)19-34/h3-4,18,22,24-25,31,34-36H,1-2,5-17,19-21H2/t24-,25?,29?/m1/s1. The van der Waals surface area contributed by atoms with Gasteiger partial charge in [-0.15, -0.1) is 0 Å². The van der Waals surface area contributed by atoms with E-state index in [2.05, 4.69) is 10.2 Å². The molecule has 0 aromatic heterocycles. The third kappa shape index (κ3) is 9.09. The number of benzene rings is 1. The molecule has 0 bridgehead atoms. The summed E-state index contributed by atoms with van der Waals surface area (Å²) in [7, 11) is 0. The summed E-state index contributed by atoms with van der Waals surface area (Å²) >= 11 is 0. The largest absolute Gasteiger partial charge is 0.493 e. The third-order valence-corrected chi connectivity index (χ3v) is 8.38. The van der Waals surface area contributed by atoms with Gasteiger partial charge in [-0.3, -0.25) is 4.79 Å². The van der Waals surface area contributed by atoms with Crippen molar-refractivity contribution < 1.29 is 34.0 Å². The first kappa shape index (κ1) is 30.1. The van der Waals surface area contributed by atoms with Gasteiger partial charge in [0.15, 0.2) is 0 Å². The molecule has 0 aliphatic carbocycles. The van der Waals surface area contributed by atoms with Gasteiger partial charge in [0, 0.05) is 38.7 Å². The number of carbonyl (C=O) groups is 1. The first-order valence-corrected chi connectivity index (χ1v) is 14.6. The Balaban J connectivity index is 1.20. The predicted molar refractivity (Wildman–Crippen MR) is 145 cm³/mol. The number of halogens is 1. The van der Waals surface area contributed by atoms with Crippen molar-refractivity contribution in [3.05, 3.63) is 29.6 Å². The van der Waals surface area contributed by atoms with Crippen LogP contribution < -0.4 is 10.1 Å². The van der Waals surface area contributed by atoms with Crippen LogP contribution in [0.4, 0.5) is 4.39 Å². The van der Waals surface area contributed by atoms with Gasteiger partial charge in [-0.25, -0.2) is 4.39 Å². The van der Waals surface area contributed by atoms with Crippen LogP contribution in [-0.2, 0) is 16.0 Å². The second-order valence-corrected chi connectivity index (χ2v) is 11.5. The summed E-state index contributed by atoms with van der Waals surface area (Å²) in [5.74, 6) is 0.719. The maximum atomic E-state index is 14.8. The number of hydrogen-bond donors (Lipinski definition) is 4. The van der Waals surface area contributed by atoms with Crippen LogP contribution in [0.3, 0.4) is 0 Å². The molecule has 9 nitrogen and oxygen atoms in total. The zero-order valence-corrected chi connectivity index (χ0v) is 23.0. The minimum absolute atomic E-state index is 0.000991. The van der Waals surface area contributed by atoms with Crippen molar-refractivity contribution in [2.75, 3.05) is 65.6 Å². The van der Waals surface area contributed by atoms with Crippen molar-refractivity contribution in [2.45, 2.75) is 69.2 Å². The summed E-state index contributed by atoms with van der Waals surface area (Å²) in [5, 5.41) is 31.9. The number of piperidine rings is 1. The fraction of sp³-hybridized carbons (Fsp3) is 0.759. The summed E-state index contributed by atoms with van der Waals surface area (Å²) in [6.07, 6.45) is 4.34. The van der Waals surface area contributed by atoms with Crippen molar-refractivity contribution >= 4 is 5.91 Å². The number of hydrogen-bond acceptors (Lipinski definition) is 8. The van der Waals surface area contributed by atoms with E-state index in [1.54, 1.807) is 17.0 Å². The summed E-state index contributed by atoms with van der Waals surface area (Å²) in [6.45, 7) is 5.88. The Morgan fingerprint density at radius 2 is 2.03 bits per heavy atom. The van der Waals surface area contributed by atoms with Gasteiger partial charge in [0.1, 0.15) is 11.6 Å². The normalized spacial score (nSPS) is 24.3. The van der Waals surface area contributed by atoms with Crippen LogP contribution in [0.15, 0.2) is 18.2 Å². The van der Waals surface area contributed by atoms with E-state index < -0.39 is 23.6 Å². The fourth-order valence-electron chi connectivity index (χ4n) is 6.03. The van der Waals surface area contributed by atoms with E-state index in [1.807, 2.05) is 0 Å². The molecule has 1 aromatic carbocycles. The van der Waals surface area contributed by atoms with Crippen LogP contribution in [0.25, 0.3) is 0 Å². The quantitative estimate of drug-likeness (QED) is 0.272. The molecule has 4 rings (SSSR count). The lowest BCUT2D eigenvalue weighted by atomic mass is 9.93. The van der Waals surface area contributed by atoms with E-state index in [9.17, 15) is 19.4 Å². The number of ether oxygens (including phenoxy) is 2. The van der Waals surface area contributed by atoms with Gasteiger partial charge < -0.3 is 39.9 Å². The van der Waals surface area contributed by atoms with Crippen molar-refractivity contribution in [1.82, 2.24) is 15.1 Å². The first-order chi connectivity index (χ1) is 18.9. The molecule has 3 heterocycles. The SMILES string of the molecule is O=C(Cc1ccc(OCCCC2CCNCC2)cc1F)N1CCOC2(CCN(CC[C@@H](O)CC(O)CO)C2)C1. The second kappa shape index (κ2) is 14.7. The van der Waals surface area contributed by atoms with Gasteiger partial charge in [-0.05, 0) is 69.2 Å². The van der Waals surface area contributed by atoms with Gasteiger partial charge in [0.2, 0.25) is 5.91 Å². The Bertz CT molecular complexity index is 917. The number of nitrogens with zero attached hydrogens (tertiary/aromatic N) is 2. The Hall–Kier alpha value is -1.82. The van der Waals surface area contributed by atoms with Gasteiger partial charge >= 0.3 is 0 Å². The molecular formula is C29H46FN3O6. The maximum absolute atomic E-state index is 14.8. The summed E-state index contributed by atoms with van der Waals surface area (Å²) in [6, 6.07) is 4.79. The highest BCUT2D eigenvalue weighted by atomic mass is 19.1. The molecule has 3 aliphatic heterocycles. The van der Waals surface area contributed by atoms with Gasteiger partial charge in [0.05, 0.1) is 50.6 Å². The average Bonchev–Trinajstić information content (AvgIpc) is 3.33. The topological polar surface area (TPSA) is 115 Å². The minimum atomic E-state index is -0.909. The highest BCUT2D eigenvalue weighted by Crippen LogP contribution is 2.30. The lowest BCUT2D eigenvalue weighted by molar-refractivity contribution is -0.148. The highest BCUT2D eigenvalue weighted by Gasteiger charge is 2.43. The minimum Gasteiger partial charge on any atom is -0.493 e. The molecule has 10 heteroatoms. The number of rotatable bonds is 13. The first-order valence-electron chi connectivity index (χ1n) is 14.6. The fourth-order valence-corrected chi connectivity index (χ4v) is 6.03. The predicted octanol–water partition coefficient (Wildman–Crippen LogP) is 1.32. The van der Waals surface area contributed by atoms with Gasteiger partial charge in [-0.1, -0.05) is 6.07 Å². The number of morpholine rings is 1. The summed E-state index contributed by atoms with van der Waals surface area (Å²) < 4.78 is 26.7. The zero-order chi connectivity index (χ0) is 27.7. The van der Waals surface area contributed by atoms with Crippen molar-refractivity contribution in [3.63, 3.8) is 0 Å². The molecule has 4 N–H and O–H groups in total. The van der Waals surface area contributed by atoms with E-state index in [-0.39, 0.29) is 25.4 Å². The molecule has 220 valence electrons. The van der Waals surface area contributed by atoms with Gasteiger partial charge in [0.25, 0.3) is 0 Å². The van der Waals surface area contributed by atoms with E-state index in [4.69, 9.17) is 14.6 Å². The number of aliphatic hydroxyl groups excluding tert-OH is 3. The highest BCUT2D eigenvalue weighted by molar-refractivity contribution is 5.79. The number of carbonyl (C=O) groups excluding carboxylic acids is 1. The van der Waals surface area contributed by atoms with Gasteiger partial charge in [-0.2, -0.15) is 0 Å². The second-order valence-electron chi connectivity index (χ2n) is 11.5. The molecule has 3 atom stereocenters. The number of amides is 1. The monoisotopic (exact) mass is 551 g/mol. The molecule has 3 fully saturated rings. The molecule has 0 radical (unpaired) electrons. The molecule has 39 heavy (non-hydrogen) atoms. The van der Waals surface area contributed by atoms with Crippen LogP contribution in [0, 0.1) is 11.7 Å². The summed E-state index contributed by atoms with van der Waals surface area (Å²) in [5.41, 5.74) is -0.0804. The van der Waals surface area contributed by atoms with Crippen molar-refractivity contribution in [2.24, 2.45) is 5.92 Å². The Kier molecular flexibility index (Phi) is 11.4. The molecule has 1 aromatic rings. The van der Waals surface area contributed by atoms with Crippen LogP contribution in [0.5, 0.6) is 5.75 Å². The zero-order valence-electron chi connectivity index (χ0n) is 23.0. The molecular weight excluding hydrogens is 505 g/mol. The molecule has 3 saturated heterocycles. The lowest BCUT2D eigenvalue weighted by Gasteiger charge is -2.40. The smallest absolute Gasteiger partial charge is 0.227 e. The Labute approximate surface area is 231 Å². The molecule has 2 unspecified atom stereocenters. The Morgan fingerprint density at radius 1 is 1.21 bits per heavy atom. The summed E-state index contributed by atoms with van der Waals surface area (Å²) in [4.78, 5) is 17.1. The number of nitrogens with one attached hydrogen (secondary N) is 1. The van der Waals surface area contributed by atoms with E-state index in [1.165, 1.54) is 18.9 Å². The van der Waals surface area contributed by atoms with Crippen LogP contribution >= 0.6 is 0 Å². The average molecular weight is 552 g/mol. The van der Waals surface area contributed by atoms with Crippen LogP contribution in [0.1, 0.15) is 50.5 Å². The van der Waals surface area contributed by atoms with Crippen molar-refractivity contribution in [1.29, 1.82) is 0 Å². The van der Waals surface area contributed by atoms with Crippen LogP contribution in [-0.4, -0.2) is 114 Å². The molecule has 1 amide bonds. The van der Waals surface area contributed by atoms with E-state index in [0.717, 1.165) is 44.8 Å². The number of aliphatic hydroxyl groups is 3. The van der Waals surface area contributed by atoms with E-state index >= 15 is 0 Å². The van der Waals surface area contributed by atoms with Crippen molar-refractivity contribution in [3.8, 4) is 5.75 Å². The lowest BCUT2D eigenvalue weighted by Crippen LogP contribution is -2.55.